The Morgan fingerprint density at radius 3 is 1.37 bits per heavy atom. The molecular weight excluding hydrogens is 276 g/mol. The molecule has 104 valence electrons. The molecule has 0 aliphatic carbocycles. The molecule has 0 aliphatic rings. The average Bonchev–Trinajstić information content (AvgIpc) is 2.13. The van der Waals surface area contributed by atoms with Crippen molar-refractivity contribution in [3.05, 3.63) is 63.8 Å². The van der Waals surface area contributed by atoms with Crippen LogP contribution in [0.4, 0.5) is 0 Å². The molecule has 15 heteroatoms. The zero-order chi connectivity index (χ0) is 15.3. The first-order valence-electron chi connectivity index (χ1n) is 3.85. The molecule has 0 radical (unpaired) electrons. The standard InChI is InChI=1S/C4H4N6O9/c5-1(3(7(12)13)8(14)15)6-2(11)4(9(16)17)10(18)19/h6,11H,5H2/p-1. The van der Waals surface area contributed by atoms with E-state index in [9.17, 15) is 45.6 Å². The fraction of sp³-hybridized carbons (Fsp3) is 0. The van der Waals surface area contributed by atoms with Crippen LogP contribution in [0.5, 0.6) is 0 Å². The first kappa shape index (κ1) is 15.5. The molecule has 0 unspecified atom stereocenters. The average molecular weight is 279 g/mol. The maximum absolute atomic E-state index is 11.0. The van der Waals surface area contributed by atoms with Crippen LogP contribution >= 0.6 is 0 Å². The lowest BCUT2D eigenvalue weighted by Crippen LogP contribution is -2.35. The van der Waals surface area contributed by atoms with Crippen LogP contribution in [0.1, 0.15) is 0 Å². The van der Waals surface area contributed by atoms with Crippen LogP contribution < -0.4 is 16.2 Å². The summed E-state index contributed by atoms with van der Waals surface area (Å²) in [7, 11) is 0. The van der Waals surface area contributed by atoms with Crippen molar-refractivity contribution in [3.8, 4) is 0 Å². The molecule has 0 aromatic carbocycles. The van der Waals surface area contributed by atoms with Gasteiger partial charge in [-0.05, 0) is 0 Å². The predicted octanol–water partition coefficient (Wildman–Crippen LogP) is -2.74. The van der Waals surface area contributed by atoms with Gasteiger partial charge in [0.2, 0.25) is 0 Å². The van der Waals surface area contributed by atoms with Gasteiger partial charge in [0, 0.05) is 0 Å². The SMILES string of the molecule is NC(NC([O-])=C([N+](=O)[O-])[N+](=O)[O-])=C([N+](=O)[O-])[N+](=O)[O-]. The van der Waals surface area contributed by atoms with Gasteiger partial charge in [0.15, 0.2) is 0 Å². The van der Waals surface area contributed by atoms with Crippen molar-refractivity contribution in [3.63, 3.8) is 0 Å². The van der Waals surface area contributed by atoms with Crippen molar-refractivity contribution in [2.45, 2.75) is 0 Å². The molecule has 0 atom stereocenters. The summed E-state index contributed by atoms with van der Waals surface area (Å²) in [5, 5.41) is 52.8. The Bertz CT molecular complexity index is 441. The van der Waals surface area contributed by atoms with E-state index >= 15 is 0 Å². The van der Waals surface area contributed by atoms with Gasteiger partial charge in [-0.2, -0.15) is 0 Å². The van der Waals surface area contributed by atoms with Crippen LogP contribution in [0.2, 0.25) is 0 Å². The number of rotatable bonds is 6. The highest BCUT2D eigenvalue weighted by Crippen LogP contribution is 2.03. The smallest absolute Gasteiger partial charge is 0.599 e. The van der Waals surface area contributed by atoms with Crippen LogP contribution in [0.15, 0.2) is 23.3 Å². The molecule has 0 rings (SSSR count). The van der Waals surface area contributed by atoms with Crippen molar-refractivity contribution in [1.82, 2.24) is 5.32 Å². The molecule has 0 bridgehead atoms. The van der Waals surface area contributed by atoms with Crippen LogP contribution in [-0.4, -0.2) is 19.7 Å². The van der Waals surface area contributed by atoms with E-state index in [0.29, 0.717) is 0 Å². The maximum atomic E-state index is 11.0. The van der Waals surface area contributed by atoms with E-state index in [-0.39, 0.29) is 0 Å². The highest BCUT2D eigenvalue weighted by atomic mass is 16.7. The normalized spacial score (nSPS) is 9.05. The Hall–Kier alpha value is -3.52. The van der Waals surface area contributed by atoms with E-state index in [4.69, 9.17) is 5.73 Å². The van der Waals surface area contributed by atoms with Gasteiger partial charge in [-0.1, -0.05) is 0 Å². The molecule has 0 spiro atoms. The number of nitro groups is 4. The Labute approximate surface area is 101 Å². The second kappa shape index (κ2) is 5.70. The molecule has 15 nitrogen and oxygen atoms in total. The van der Waals surface area contributed by atoms with Gasteiger partial charge in [-0.3, -0.25) is 40.5 Å². The van der Waals surface area contributed by atoms with E-state index in [1.54, 1.807) is 0 Å². The zero-order valence-corrected chi connectivity index (χ0v) is 8.54. The second-order valence-electron chi connectivity index (χ2n) is 2.54. The fourth-order valence-electron chi connectivity index (χ4n) is 0.730. The largest absolute Gasteiger partial charge is 0.851 e. The van der Waals surface area contributed by atoms with Crippen molar-refractivity contribution in [2.24, 2.45) is 5.73 Å². The Kier molecular flexibility index (Phi) is 4.65. The summed E-state index contributed by atoms with van der Waals surface area (Å²) in [6.45, 7) is 0. The number of nitrogens with one attached hydrogen (secondary N) is 1. The van der Waals surface area contributed by atoms with Crippen LogP contribution in [0, 0.1) is 40.5 Å². The zero-order valence-electron chi connectivity index (χ0n) is 8.54. The van der Waals surface area contributed by atoms with Gasteiger partial charge in [-0.15, -0.1) is 0 Å². The first-order chi connectivity index (χ1) is 8.59. The molecule has 0 saturated carbocycles. The predicted molar refractivity (Wildman–Crippen MR) is 49.4 cm³/mol. The van der Waals surface area contributed by atoms with E-state index < -0.39 is 43.0 Å². The van der Waals surface area contributed by atoms with E-state index in [1.165, 1.54) is 0 Å². The third-order valence-corrected chi connectivity index (χ3v) is 1.38. The number of nitrogens with two attached hydrogens (primary N) is 1. The van der Waals surface area contributed by atoms with Gasteiger partial charge < -0.3 is 16.2 Å². The summed E-state index contributed by atoms with van der Waals surface area (Å²) < 4.78 is 0. The minimum Gasteiger partial charge on any atom is -0.851 e. The van der Waals surface area contributed by atoms with Crippen LogP contribution in [0.25, 0.3) is 0 Å². The van der Waals surface area contributed by atoms with Gasteiger partial charge >= 0.3 is 11.6 Å². The Balaban J connectivity index is 5.67. The quantitative estimate of drug-likeness (QED) is 0.287. The first-order valence-corrected chi connectivity index (χ1v) is 3.85. The molecule has 0 aromatic rings. The monoisotopic (exact) mass is 279 g/mol. The Morgan fingerprint density at radius 2 is 1.11 bits per heavy atom. The van der Waals surface area contributed by atoms with Gasteiger partial charge in [0.1, 0.15) is 25.6 Å². The highest BCUT2D eigenvalue weighted by molar-refractivity contribution is 5.02. The third kappa shape index (κ3) is 3.76. The van der Waals surface area contributed by atoms with Crippen LogP contribution in [0.3, 0.4) is 0 Å². The van der Waals surface area contributed by atoms with Crippen molar-refractivity contribution < 1.29 is 24.8 Å². The summed E-state index contributed by atoms with van der Waals surface area (Å²) in [5.41, 5.74) is 4.76. The topological polar surface area (TPSA) is 234 Å². The summed E-state index contributed by atoms with van der Waals surface area (Å²) in [6, 6.07) is 0. The van der Waals surface area contributed by atoms with E-state index in [2.05, 4.69) is 0 Å². The van der Waals surface area contributed by atoms with Crippen LogP contribution in [-0.2, 0) is 0 Å². The molecule has 0 amide bonds. The lowest BCUT2D eigenvalue weighted by Gasteiger charge is -2.08. The summed E-state index contributed by atoms with van der Waals surface area (Å²) in [5.74, 6) is -7.52. The molecule has 19 heavy (non-hydrogen) atoms. The maximum Gasteiger partial charge on any atom is 0.599 e. The Morgan fingerprint density at radius 1 is 0.789 bits per heavy atom. The molecule has 0 saturated heterocycles. The van der Waals surface area contributed by atoms with Gasteiger partial charge in [-0.25, -0.2) is 0 Å². The van der Waals surface area contributed by atoms with Gasteiger partial charge in [0.25, 0.3) is 5.82 Å². The van der Waals surface area contributed by atoms with Crippen molar-refractivity contribution in [1.29, 1.82) is 0 Å². The lowest BCUT2D eigenvalue weighted by molar-refractivity contribution is -0.627. The van der Waals surface area contributed by atoms with Crippen molar-refractivity contribution in [2.75, 3.05) is 0 Å². The highest BCUT2D eigenvalue weighted by Gasteiger charge is 2.33. The molecule has 3 N–H and O–H groups in total. The summed E-state index contributed by atoms with van der Waals surface area (Å²) >= 11 is 0. The minimum atomic E-state index is -2.10. The number of hydrogen-bond donors (Lipinski definition) is 2. The van der Waals surface area contributed by atoms with E-state index in [1.807, 2.05) is 0 Å². The van der Waals surface area contributed by atoms with Gasteiger partial charge in [0.05, 0.1) is 0 Å². The third-order valence-electron chi connectivity index (χ3n) is 1.38. The lowest BCUT2D eigenvalue weighted by atomic mass is 10.6. The second-order valence-corrected chi connectivity index (χ2v) is 2.54. The molecular formula is C4H3N6O9-. The molecule has 0 aromatic heterocycles. The minimum absolute atomic E-state index is 1.12. The number of nitrogens with zero attached hydrogens (tertiary/aromatic N) is 4. The number of hydrogen-bond acceptors (Lipinski definition) is 11. The van der Waals surface area contributed by atoms with Crippen molar-refractivity contribution >= 4 is 0 Å². The molecule has 0 heterocycles. The summed E-state index contributed by atoms with van der Waals surface area (Å²) in [4.78, 5) is 34.1. The molecule has 0 aliphatic heterocycles. The summed E-state index contributed by atoms with van der Waals surface area (Å²) in [6.07, 6.45) is 0. The fourth-order valence-corrected chi connectivity index (χ4v) is 0.730. The van der Waals surface area contributed by atoms with E-state index in [0.717, 1.165) is 5.32 Å². The molecule has 0 fully saturated rings.